The summed E-state index contributed by atoms with van der Waals surface area (Å²) in [4.78, 5) is 0. The zero-order chi connectivity index (χ0) is 9.03. The molecule has 12 heavy (non-hydrogen) atoms. The van der Waals surface area contributed by atoms with Gasteiger partial charge in [-0.15, -0.1) is 22.2 Å². The van der Waals surface area contributed by atoms with Crippen molar-refractivity contribution >= 4 is 28.9 Å². The van der Waals surface area contributed by atoms with Gasteiger partial charge in [0, 0.05) is 0 Å². The summed E-state index contributed by atoms with van der Waals surface area (Å²) < 4.78 is 0. The second kappa shape index (κ2) is 4.87. The number of rotatable bonds is 3. The van der Waals surface area contributed by atoms with Gasteiger partial charge in [-0.2, -0.15) is 0 Å². The lowest BCUT2D eigenvalue weighted by Crippen LogP contribution is -2.16. The molecule has 0 amide bonds. The fourth-order valence-electron chi connectivity index (χ4n) is 1.93. The van der Waals surface area contributed by atoms with Crippen molar-refractivity contribution < 1.29 is 0 Å². The van der Waals surface area contributed by atoms with Gasteiger partial charge in [-0.25, -0.2) is 0 Å². The number of hydrogen-bond donors (Lipinski definition) is 0. The topological polar surface area (TPSA) is 0 Å². The maximum Gasteiger partial charge on any atom is 0.248 e. The predicted octanol–water partition coefficient (Wildman–Crippen LogP) is 4.51. The van der Waals surface area contributed by atoms with Gasteiger partial charge in [0.25, 0.3) is 0 Å². The van der Waals surface area contributed by atoms with Crippen LogP contribution in [-0.2, 0) is 0 Å². The summed E-state index contributed by atoms with van der Waals surface area (Å²) in [6.45, 7) is 0.230. The predicted molar refractivity (Wildman–Crippen MR) is 59.3 cm³/mol. The highest BCUT2D eigenvalue weighted by Gasteiger charge is 2.23. The fraction of sp³-hybridized carbons (Fsp3) is 1.00. The van der Waals surface area contributed by atoms with Crippen molar-refractivity contribution in [3.05, 3.63) is 0 Å². The van der Waals surface area contributed by atoms with Gasteiger partial charge in [0.1, 0.15) is 0 Å². The minimum atomic E-state index is -1.80. The van der Waals surface area contributed by atoms with E-state index in [0.29, 0.717) is 0 Å². The molecule has 0 aromatic heterocycles. The van der Waals surface area contributed by atoms with E-state index in [1.807, 2.05) is 6.55 Å². The van der Waals surface area contributed by atoms with E-state index in [1.165, 1.54) is 38.5 Å². The van der Waals surface area contributed by atoms with Crippen LogP contribution in [0.2, 0.25) is 12.6 Å². The third kappa shape index (κ3) is 4.73. The number of halogens is 2. The molecule has 1 saturated carbocycles. The van der Waals surface area contributed by atoms with Gasteiger partial charge in [0.15, 0.2) is 0 Å². The van der Waals surface area contributed by atoms with E-state index in [4.69, 9.17) is 22.2 Å². The van der Waals surface area contributed by atoms with E-state index >= 15 is 0 Å². The second-order valence-electron chi connectivity index (χ2n) is 4.11. The standard InChI is InChI=1S/C9H18Cl2Si/c1-12(10,11)8-7-9-5-3-2-4-6-9/h9H,2-8H2,1H3. The quantitative estimate of drug-likeness (QED) is 0.489. The first-order chi connectivity index (χ1) is 5.58. The Morgan fingerprint density at radius 1 is 1.17 bits per heavy atom. The smallest absolute Gasteiger partial charge is 0.146 e. The highest BCUT2D eigenvalue weighted by molar-refractivity contribution is 7.44. The van der Waals surface area contributed by atoms with Gasteiger partial charge in [-0.3, -0.25) is 0 Å². The number of hydrogen-bond acceptors (Lipinski definition) is 0. The lowest BCUT2D eigenvalue weighted by Gasteiger charge is -2.22. The zero-order valence-electron chi connectivity index (χ0n) is 7.78. The average Bonchev–Trinajstić information content (AvgIpc) is 2.02. The minimum Gasteiger partial charge on any atom is -0.146 e. The van der Waals surface area contributed by atoms with Crippen LogP contribution in [0.5, 0.6) is 0 Å². The molecule has 0 N–H and O–H groups in total. The Hall–Kier alpha value is 0.797. The molecule has 0 aliphatic heterocycles. The molecule has 0 spiro atoms. The molecule has 1 aliphatic carbocycles. The van der Waals surface area contributed by atoms with E-state index in [9.17, 15) is 0 Å². The van der Waals surface area contributed by atoms with Crippen molar-refractivity contribution in [2.75, 3.05) is 0 Å². The highest BCUT2D eigenvalue weighted by atomic mass is 35.7. The van der Waals surface area contributed by atoms with Crippen LogP contribution in [0.15, 0.2) is 0 Å². The van der Waals surface area contributed by atoms with Crippen LogP contribution in [0.1, 0.15) is 38.5 Å². The van der Waals surface area contributed by atoms with Crippen LogP contribution in [-0.4, -0.2) is 6.69 Å². The first-order valence-corrected chi connectivity index (χ1v) is 9.69. The van der Waals surface area contributed by atoms with Crippen LogP contribution >= 0.6 is 22.2 Å². The van der Waals surface area contributed by atoms with Crippen molar-refractivity contribution in [3.63, 3.8) is 0 Å². The molecule has 0 heterocycles. The van der Waals surface area contributed by atoms with E-state index in [0.717, 1.165) is 12.0 Å². The van der Waals surface area contributed by atoms with Gasteiger partial charge in [0.05, 0.1) is 0 Å². The lowest BCUT2D eigenvalue weighted by molar-refractivity contribution is 0.349. The zero-order valence-corrected chi connectivity index (χ0v) is 10.3. The van der Waals surface area contributed by atoms with Crippen molar-refractivity contribution in [2.24, 2.45) is 5.92 Å². The average molecular weight is 225 g/mol. The molecule has 0 bridgehead atoms. The van der Waals surface area contributed by atoms with Crippen molar-refractivity contribution in [3.8, 4) is 0 Å². The van der Waals surface area contributed by atoms with Gasteiger partial charge in [-0.1, -0.05) is 38.5 Å². The first kappa shape index (κ1) is 10.9. The Labute approximate surface area is 86.1 Å². The van der Waals surface area contributed by atoms with Crippen LogP contribution in [0.3, 0.4) is 0 Å². The monoisotopic (exact) mass is 224 g/mol. The van der Waals surface area contributed by atoms with E-state index in [1.54, 1.807) is 0 Å². The maximum atomic E-state index is 6.06. The molecule has 0 saturated heterocycles. The van der Waals surface area contributed by atoms with Gasteiger partial charge in [-0.05, 0) is 18.5 Å². The molecule has 0 atom stereocenters. The van der Waals surface area contributed by atoms with Crippen molar-refractivity contribution in [1.29, 1.82) is 0 Å². The largest absolute Gasteiger partial charge is 0.248 e. The van der Waals surface area contributed by atoms with E-state index in [-0.39, 0.29) is 0 Å². The molecule has 0 radical (unpaired) electrons. The Bertz CT molecular complexity index is 125. The lowest BCUT2D eigenvalue weighted by atomic mass is 9.88. The molecule has 0 nitrogen and oxygen atoms in total. The summed E-state index contributed by atoms with van der Waals surface area (Å²) in [7, 11) is 0. The van der Waals surface area contributed by atoms with Crippen LogP contribution in [0.4, 0.5) is 0 Å². The summed E-state index contributed by atoms with van der Waals surface area (Å²) in [5.41, 5.74) is 0. The summed E-state index contributed by atoms with van der Waals surface area (Å²) >= 11 is 12.1. The molecule has 1 fully saturated rings. The molecule has 3 heteroatoms. The third-order valence-corrected chi connectivity index (χ3v) is 5.02. The molecule has 0 aromatic rings. The highest BCUT2D eigenvalue weighted by Crippen LogP contribution is 2.31. The first-order valence-electron chi connectivity index (χ1n) is 4.96. The van der Waals surface area contributed by atoms with Gasteiger partial charge >= 0.3 is 0 Å². The third-order valence-electron chi connectivity index (χ3n) is 2.72. The molecule has 0 unspecified atom stereocenters. The minimum absolute atomic E-state index is 0.933. The summed E-state index contributed by atoms with van der Waals surface area (Å²) in [5.74, 6) is 0.933. The second-order valence-corrected chi connectivity index (χ2v) is 12.3. The summed E-state index contributed by atoms with van der Waals surface area (Å²) in [6, 6.07) is 1.08. The van der Waals surface area contributed by atoms with Crippen molar-refractivity contribution in [1.82, 2.24) is 0 Å². The summed E-state index contributed by atoms with van der Waals surface area (Å²) in [5, 5.41) is 0. The normalized spacial score (nSPS) is 21.2. The Morgan fingerprint density at radius 2 is 1.75 bits per heavy atom. The molecule has 0 aromatic carbocycles. The van der Waals surface area contributed by atoms with Crippen LogP contribution in [0.25, 0.3) is 0 Å². The van der Waals surface area contributed by atoms with E-state index < -0.39 is 6.69 Å². The molecule has 72 valence electrons. The molecular weight excluding hydrogens is 207 g/mol. The molecular formula is C9H18Cl2Si. The van der Waals surface area contributed by atoms with Crippen LogP contribution < -0.4 is 0 Å². The van der Waals surface area contributed by atoms with Crippen LogP contribution in [0, 0.1) is 5.92 Å². The van der Waals surface area contributed by atoms with Gasteiger partial charge < -0.3 is 0 Å². The Morgan fingerprint density at radius 3 is 2.25 bits per heavy atom. The van der Waals surface area contributed by atoms with E-state index in [2.05, 4.69) is 0 Å². The SMILES string of the molecule is C[Si](Cl)(Cl)CCC1CCCCC1. The Balaban J connectivity index is 2.13. The maximum absolute atomic E-state index is 6.06. The van der Waals surface area contributed by atoms with Crippen molar-refractivity contribution in [2.45, 2.75) is 51.1 Å². The molecule has 1 rings (SSSR count). The van der Waals surface area contributed by atoms with Gasteiger partial charge in [0.2, 0.25) is 6.69 Å². The Kier molecular flexibility index (Phi) is 4.42. The fourth-order valence-corrected chi connectivity index (χ4v) is 3.50. The molecule has 1 aliphatic rings. The summed E-state index contributed by atoms with van der Waals surface area (Å²) in [6.07, 6.45) is 8.39.